The van der Waals surface area contributed by atoms with Crippen molar-refractivity contribution < 1.29 is 0 Å². The molecule has 0 unspecified atom stereocenters. The second-order valence-corrected chi connectivity index (χ2v) is 5.98. The summed E-state index contributed by atoms with van der Waals surface area (Å²) >= 11 is 13.5. The van der Waals surface area contributed by atoms with Crippen LogP contribution in [-0.4, -0.2) is 4.98 Å². The van der Waals surface area contributed by atoms with E-state index in [1.54, 1.807) is 6.20 Å². The minimum absolute atomic E-state index is 0.563. The first-order chi connectivity index (χ1) is 8.06. The van der Waals surface area contributed by atoms with Crippen LogP contribution in [0.25, 0.3) is 0 Å². The molecule has 17 heavy (non-hydrogen) atoms. The van der Waals surface area contributed by atoms with Gasteiger partial charge >= 0.3 is 0 Å². The molecule has 1 heterocycles. The molecule has 5 heteroatoms. The quantitative estimate of drug-likeness (QED) is 0.886. The Labute approximate surface area is 115 Å². The molecule has 0 aliphatic carbocycles. The number of hydrogen-bond donors (Lipinski definition) is 1. The van der Waals surface area contributed by atoms with Gasteiger partial charge in [0.05, 0.1) is 17.3 Å². The maximum Gasteiger partial charge on any atom is 0.183 e. The average Bonchev–Trinajstić information content (AvgIpc) is 2.62. The molecule has 0 spiro atoms. The largest absolute Gasteiger partial charge is 0.379 e. The van der Waals surface area contributed by atoms with Crippen LogP contribution in [0.15, 0.2) is 18.3 Å². The van der Waals surface area contributed by atoms with E-state index >= 15 is 0 Å². The van der Waals surface area contributed by atoms with Crippen LogP contribution in [0.5, 0.6) is 0 Å². The molecule has 0 radical (unpaired) electrons. The van der Waals surface area contributed by atoms with Crippen LogP contribution in [0.2, 0.25) is 9.49 Å². The van der Waals surface area contributed by atoms with Gasteiger partial charge in [-0.2, -0.15) is 0 Å². The van der Waals surface area contributed by atoms with Crippen molar-refractivity contribution >= 4 is 40.2 Å². The predicted molar refractivity (Wildman–Crippen MR) is 75.4 cm³/mol. The number of halogens is 2. The lowest BCUT2D eigenvalue weighted by Gasteiger charge is -2.11. The third-order valence-electron chi connectivity index (χ3n) is 2.40. The normalized spacial score (nSPS) is 10.6. The van der Waals surface area contributed by atoms with Crippen molar-refractivity contribution in [3.63, 3.8) is 0 Å². The van der Waals surface area contributed by atoms with Gasteiger partial charge in [0.25, 0.3) is 0 Å². The van der Waals surface area contributed by atoms with E-state index < -0.39 is 0 Å². The van der Waals surface area contributed by atoms with Crippen molar-refractivity contribution in [3.05, 3.63) is 43.8 Å². The molecule has 0 aliphatic rings. The summed E-state index contributed by atoms with van der Waals surface area (Å²) in [6.45, 7) is 4.76. The summed E-state index contributed by atoms with van der Waals surface area (Å²) in [6, 6.07) is 4.06. The Morgan fingerprint density at radius 2 is 2.06 bits per heavy atom. The summed E-state index contributed by atoms with van der Waals surface area (Å²) in [5, 5.41) is 4.07. The van der Waals surface area contributed by atoms with Crippen LogP contribution >= 0.6 is 34.5 Å². The van der Waals surface area contributed by atoms with Crippen molar-refractivity contribution in [1.29, 1.82) is 0 Å². The SMILES string of the molecule is Cc1cc(C)c(NCc2cnc(Cl)s2)c(Cl)c1. The second-order valence-electron chi connectivity index (χ2n) is 3.87. The Kier molecular flexibility index (Phi) is 3.92. The number of nitrogens with zero attached hydrogens (tertiary/aromatic N) is 1. The predicted octanol–water partition coefficient (Wildman–Crippen LogP) is 4.68. The highest BCUT2D eigenvalue weighted by Crippen LogP contribution is 2.28. The molecular formula is C12H12Cl2N2S. The minimum Gasteiger partial charge on any atom is -0.379 e. The topological polar surface area (TPSA) is 24.9 Å². The Hall–Kier alpha value is -0.770. The van der Waals surface area contributed by atoms with Gasteiger partial charge in [0.1, 0.15) is 0 Å². The van der Waals surface area contributed by atoms with Gasteiger partial charge in [-0.25, -0.2) is 4.98 Å². The van der Waals surface area contributed by atoms with E-state index in [1.807, 2.05) is 19.9 Å². The molecule has 1 N–H and O–H groups in total. The lowest BCUT2D eigenvalue weighted by molar-refractivity contribution is 1.16. The van der Waals surface area contributed by atoms with Crippen molar-refractivity contribution in [2.45, 2.75) is 20.4 Å². The van der Waals surface area contributed by atoms with Crippen molar-refractivity contribution in [2.75, 3.05) is 5.32 Å². The first kappa shape index (κ1) is 12.7. The highest BCUT2D eigenvalue weighted by atomic mass is 35.5. The molecule has 2 aromatic rings. The van der Waals surface area contributed by atoms with Crippen LogP contribution in [0.1, 0.15) is 16.0 Å². The van der Waals surface area contributed by atoms with E-state index in [9.17, 15) is 0 Å². The summed E-state index contributed by atoms with van der Waals surface area (Å²) in [4.78, 5) is 5.09. The molecule has 0 saturated carbocycles. The number of anilines is 1. The molecule has 0 atom stereocenters. The summed E-state index contributed by atoms with van der Waals surface area (Å²) in [7, 11) is 0. The van der Waals surface area contributed by atoms with Crippen LogP contribution in [-0.2, 0) is 6.54 Å². The number of thiazole rings is 1. The second kappa shape index (κ2) is 5.25. The number of aromatic nitrogens is 1. The average molecular weight is 287 g/mol. The number of nitrogens with one attached hydrogen (secondary N) is 1. The first-order valence-corrected chi connectivity index (χ1v) is 6.74. The standard InChI is InChI=1S/C12H12Cl2N2S/c1-7-3-8(2)11(10(13)4-7)15-5-9-6-16-12(14)17-9/h3-4,6,15H,5H2,1-2H3. The van der Waals surface area contributed by atoms with Crippen LogP contribution < -0.4 is 5.32 Å². The van der Waals surface area contributed by atoms with E-state index in [1.165, 1.54) is 16.9 Å². The highest BCUT2D eigenvalue weighted by molar-refractivity contribution is 7.15. The zero-order valence-corrected chi connectivity index (χ0v) is 11.9. The van der Waals surface area contributed by atoms with Crippen LogP contribution in [0, 0.1) is 13.8 Å². The third kappa shape index (κ3) is 3.12. The van der Waals surface area contributed by atoms with Crippen molar-refractivity contribution in [2.24, 2.45) is 0 Å². The fourth-order valence-electron chi connectivity index (χ4n) is 1.68. The van der Waals surface area contributed by atoms with E-state index in [-0.39, 0.29) is 0 Å². The molecule has 0 aliphatic heterocycles. The first-order valence-electron chi connectivity index (χ1n) is 5.17. The van der Waals surface area contributed by atoms with Gasteiger partial charge in [0.15, 0.2) is 4.47 Å². The monoisotopic (exact) mass is 286 g/mol. The Morgan fingerprint density at radius 3 is 2.65 bits per heavy atom. The highest BCUT2D eigenvalue weighted by Gasteiger charge is 2.06. The third-order valence-corrected chi connectivity index (χ3v) is 3.81. The fourth-order valence-corrected chi connectivity index (χ4v) is 2.99. The zero-order chi connectivity index (χ0) is 12.4. The maximum absolute atomic E-state index is 6.21. The van der Waals surface area contributed by atoms with E-state index in [2.05, 4.69) is 16.4 Å². The van der Waals surface area contributed by atoms with Crippen molar-refractivity contribution in [1.82, 2.24) is 4.98 Å². The molecule has 90 valence electrons. The van der Waals surface area contributed by atoms with Gasteiger partial charge in [-0.1, -0.05) is 29.3 Å². The van der Waals surface area contributed by atoms with Gasteiger partial charge in [-0.05, 0) is 31.0 Å². The lowest BCUT2D eigenvalue weighted by Crippen LogP contribution is -2.00. The molecule has 1 aromatic heterocycles. The summed E-state index contributed by atoms with van der Waals surface area (Å²) in [5.41, 5.74) is 3.28. The lowest BCUT2D eigenvalue weighted by atomic mass is 10.1. The summed E-state index contributed by atoms with van der Waals surface area (Å²) in [5.74, 6) is 0. The van der Waals surface area contributed by atoms with Crippen LogP contribution in [0.3, 0.4) is 0 Å². The van der Waals surface area contributed by atoms with E-state index in [4.69, 9.17) is 23.2 Å². The molecule has 0 fully saturated rings. The molecule has 0 bridgehead atoms. The summed E-state index contributed by atoms with van der Waals surface area (Å²) < 4.78 is 0.563. The van der Waals surface area contributed by atoms with Gasteiger partial charge < -0.3 is 5.32 Å². The van der Waals surface area contributed by atoms with Gasteiger partial charge in [0, 0.05) is 11.1 Å². The van der Waals surface area contributed by atoms with E-state index in [0.29, 0.717) is 11.0 Å². The number of hydrogen-bond acceptors (Lipinski definition) is 3. The maximum atomic E-state index is 6.21. The summed E-state index contributed by atoms with van der Waals surface area (Å²) in [6.07, 6.45) is 1.78. The molecule has 2 rings (SSSR count). The number of rotatable bonds is 3. The molecule has 2 nitrogen and oxygen atoms in total. The van der Waals surface area contributed by atoms with E-state index in [0.717, 1.165) is 21.2 Å². The number of aryl methyl sites for hydroxylation is 2. The molecule has 0 amide bonds. The van der Waals surface area contributed by atoms with Crippen molar-refractivity contribution in [3.8, 4) is 0 Å². The Balaban J connectivity index is 2.14. The number of benzene rings is 1. The van der Waals surface area contributed by atoms with Crippen LogP contribution in [0.4, 0.5) is 5.69 Å². The molecule has 0 saturated heterocycles. The molecule has 1 aromatic carbocycles. The van der Waals surface area contributed by atoms with Gasteiger partial charge in [-0.15, -0.1) is 11.3 Å². The van der Waals surface area contributed by atoms with Gasteiger partial charge in [-0.3, -0.25) is 0 Å². The molecular weight excluding hydrogens is 275 g/mol. The minimum atomic E-state index is 0.563. The Morgan fingerprint density at radius 1 is 1.29 bits per heavy atom. The zero-order valence-electron chi connectivity index (χ0n) is 9.55. The fraction of sp³-hybridized carbons (Fsp3) is 0.250. The van der Waals surface area contributed by atoms with Gasteiger partial charge in [0.2, 0.25) is 0 Å². The smallest absolute Gasteiger partial charge is 0.183 e. The Bertz CT molecular complexity index is 514.